The highest BCUT2D eigenvalue weighted by Gasteiger charge is 2.21. The Balaban J connectivity index is 1.65. The second-order valence-corrected chi connectivity index (χ2v) is 7.59. The molecule has 0 radical (unpaired) electrons. The third-order valence-corrected chi connectivity index (χ3v) is 5.07. The summed E-state index contributed by atoms with van der Waals surface area (Å²) in [4.78, 5) is 15.9. The summed E-state index contributed by atoms with van der Waals surface area (Å²) in [6.07, 6.45) is 3.29. The monoisotopic (exact) mass is 372 g/mol. The Morgan fingerprint density at radius 2 is 1.73 bits per heavy atom. The summed E-state index contributed by atoms with van der Waals surface area (Å²) in [6, 6.07) is 11.6. The van der Waals surface area contributed by atoms with Crippen molar-refractivity contribution >= 4 is 17.2 Å². The molecule has 3 heterocycles. The van der Waals surface area contributed by atoms with Crippen molar-refractivity contribution in [3.05, 3.63) is 70.7 Å². The van der Waals surface area contributed by atoms with Crippen molar-refractivity contribution in [2.45, 2.75) is 33.0 Å². The van der Waals surface area contributed by atoms with Crippen LogP contribution in [0.25, 0.3) is 0 Å². The second kappa shape index (κ2) is 8.87. The van der Waals surface area contributed by atoms with Gasteiger partial charge in [0.2, 0.25) is 5.91 Å². The molecule has 1 amide bonds. The van der Waals surface area contributed by atoms with E-state index >= 15 is 0 Å². The van der Waals surface area contributed by atoms with Gasteiger partial charge in [-0.2, -0.15) is 0 Å². The molecule has 0 aromatic carbocycles. The summed E-state index contributed by atoms with van der Waals surface area (Å²) >= 11 is 1.67. The van der Waals surface area contributed by atoms with E-state index in [1.165, 1.54) is 4.88 Å². The number of nitrogens with zero attached hydrogens (tertiary/aromatic N) is 1. The lowest BCUT2D eigenvalue weighted by Crippen LogP contribution is -2.39. The Hall–Kier alpha value is -2.31. The fourth-order valence-corrected chi connectivity index (χ4v) is 3.82. The number of carbonyl (C=O) groups is 1. The molecule has 3 rings (SSSR count). The van der Waals surface area contributed by atoms with Crippen LogP contribution in [0.4, 0.5) is 0 Å². The van der Waals surface area contributed by atoms with Crippen LogP contribution in [0, 0.1) is 5.92 Å². The van der Waals surface area contributed by atoms with Gasteiger partial charge in [0.05, 0.1) is 38.2 Å². The molecule has 0 bridgehead atoms. The van der Waals surface area contributed by atoms with Crippen molar-refractivity contribution in [2.75, 3.05) is 6.54 Å². The van der Waals surface area contributed by atoms with Crippen LogP contribution in [-0.2, 0) is 17.9 Å². The maximum absolute atomic E-state index is 12.7. The van der Waals surface area contributed by atoms with Crippen molar-refractivity contribution in [3.63, 3.8) is 0 Å². The topological polar surface area (TPSA) is 58.6 Å². The molecule has 3 aromatic rings. The first-order chi connectivity index (χ1) is 12.6. The quantitative estimate of drug-likeness (QED) is 0.603. The maximum Gasteiger partial charge on any atom is 0.234 e. The first kappa shape index (κ1) is 18.5. The summed E-state index contributed by atoms with van der Waals surface area (Å²) in [6.45, 7) is 5.61. The minimum Gasteiger partial charge on any atom is -0.468 e. The number of thiophene rings is 1. The summed E-state index contributed by atoms with van der Waals surface area (Å²) < 4.78 is 10.9. The molecule has 1 atom stereocenters. The molecule has 0 aliphatic carbocycles. The van der Waals surface area contributed by atoms with Crippen LogP contribution in [0.3, 0.4) is 0 Å². The summed E-state index contributed by atoms with van der Waals surface area (Å²) in [5.41, 5.74) is 0. The van der Waals surface area contributed by atoms with Crippen LogP contribution >= 0.6 is 11.3 Å². The maximum atomic E-state index is 12.7. The molecule has 1 unspecified atom stereocenters. The van der Waals surface area contributed by atoms with Gasteiger partial charge in [0.1, 0.15) is 11.5 Å². The van der Waals surface area contributed by atoms with Crippen molar-refractivity contribution in [2.24, 2.45) is 5.92 Å². The Kier molecular flexibility index (Phi) is 6.30. The zero-order valence-corrected chi connectivity index (χ0v) is 15.9. The molecule has 5 nitrogen and oxygen atoms in total. The molecular formula is C20H24N2O3S. The van der Waals surface area contributed by atoms with Crippen molar-refractivity contribution in [3.8, 4) is 0 Å². The first-order valence-electron chi connectivity index (χ1n) is 8.71. The number of nitrogens with one attached hydrogen (secondary N) is 1. The van der Waals surface area contributed by atoms with Gasteiger partial charge in [-0.3, -0.25) is 9.69 Å². The minimum atomic E-state index is -0.00443. The fraction of sp³-hybridized carbons (Fsp3) is 0.350. The third kappa shape index (κ3) is 5.09. The van der Waals surface area contributed by atoms with Gasteiger partial charge in [0.25, 0.3) is 0 Å². The fourth-order valence-electron chi connectivity index (χ4n) is 2.87. The third-order valence-electron chi connectivity index (χ3n) is 4.12. The zero-order chi connectivity index (χ0) is 18.4. The van der Waals surface area contributed by atoms with Gasteiger partial charge in [0.15, 0.2) is 0 Å². The van der Waals surface area contributed by atoms with Crippen LogP contribution < -0.4 is 5.32 Å². The number of carbonyl (C=O) groups excluding carboxylic acids is 1. The minimum absolute atomic E-state index is 0.00443. The molecule has 0 spiro atoms. The van der Waals surface area contributed by atoms with Gasteiger partial charge in [-0.15, -0.1) is 11.3 Å². The molecule has 26 heavy (non-hydrogen) atoms. The van der Waals surface area contributed by atoms with Gasteiger partial charge in [-0.25, -0.2) is 0 Å². The predicted molar refractivity (Wildman–Crippen MR) is 102 cm³/mol. The average molecular weight is 372 g/mol. The normalized spacial score (nSPS) is 12.6. The van der Waals surface area contributed by atoms with Gasteiger partial charge in [-0.1, -0.05) is 19.9 Å². The van der Waals surface area contributed by atoms with Gasteiger partial charge >= 0.3 is 0 Å². The molecule has 0 aliphatic rings. The van der Waals surface area contributed by atoms with E-state index in [0.717, 1.165) is 11.5 Å². The van der Waals surface area contributed by atoms with E-state index in [0.29, 0.717) is 19.0 Å². The summed E-state index contributed by atoms with van der Waals surface area (Å²) in [5.74, 6) is 1.96. The SMILES string of the molecule is CC(C)C(NC(=O)CN(Cc1ccco1)Cc1ccco1)c1cccs1. The van der Waals surface area contributed by atoms with E-state index in [9.17, 15) is 4.79 Å². The Morgan fingerprint density at radius 1 is 1.08 bits per heavy atom. The highest BCUT2D eigenvalue weighted by atomic mass is 32.1. The highest BCUT2D eigenvalue weighted by molar-refractivity contribution is 7.10. The molecule has 138 valence electrons. The number of hydrogen-bond donors (Lipinski definition) is 1. The molecule has 0 saturated carbocycles. The van der Waals surface area contributed by atoms with E-state index in [-0.39, 0.29) is 18.5 Å². The van der Waals surface area contributed by atoms with E-state index < -0.39 is 0 Å². The number of rotatable bonds is 9. The Morgan fingerprint density at radius 3 is 2.19 bits per heavy atom. The van der Waals surface area contributed by atoms with Gasteiger partial charge in [0, 0.05) is 4.88 Å². The summed E-state index contributed by atoms with van der Waals surface area (Å²) in [5, 5.41) is 5.22. The standard InChI is InChI=1S/C20H24N2O3S/c1-15(2)20(18-8-5-11-26-18)21-19(23)14-22(12-16-6-3-9-24-16)13-17-7-4-10-25-17/h3-11,15,20H,12-14H2,1-2H3,(H,21,23). The smallest absolute Gasteiger partial charge is 0.234 e. The molecule has 0 aliphatic heterocycles. The Labute approximate surface area is 157 Å². The molecule has 6 heteroatoms. The number of hydrogen-bond acceptors (Lipinski definition) is 5. The van der Waals surface area contributed by atoms with Crippen LogP contribution in [0.5, 0.6) is 0 Å². The van der Waals surface area contributed by atoms with Gasteiger partial charge in [-0.05, 0) is 41.6 Å². The van der Waals surface area contributed by atoms with E-state index in [2.05, 4.69) is 25.2 Å². The highest BCUT2D eigenvalue weighted by Crippen LogP contribution is 2.25. The van der Waals surface area contributed by atoms with E-state index in [1.54, 1.807) is 23.9 Å². The van der Waals surface area contributed by atoms with Crippen LogP contribution in [-0.4, -0.2) is 17.4 Å². The number of amides is 1. The van der Waals surface area contributed by atoms with Crippen LogP contribution in [0.1, 0.15) is 36.3 Å². The lowest BCUT2D eigenvalue weighted by Gasteiger charge is -2.24. The lowest BCUT2D eigenvalue weighted by molar-refractivity contribution is -0.123. The number of furan rings is 2. The zero-order valence-electron chi connectivity index (χ0n) is 15.1. The second-order valence-electron chi connectivity index (χ2n) is 6.61. The molecule has 1 N–H and O–H groups in total. The lowest BCUT2D eigenvalue weighted by atomic mass is 10.0. The van der Waals surface area contributed by atoms with Crippen molar-refractivity contribution in [1.29, 1.82) is 0 Å². The van der Waals surface area contributed by atoms with Crippen LogP contribution in [0.2, 0.25) is 0 Å². The average Bonchev–Trinajstić information content (AvgIpc) is 3.35. The first-order valence-corrected chi connectivity index (χ1v) is 9.59. The Bertz CT molecular complexity index is 728. The molecule has 3 aromatic heterocycles. The predicted octanol–water partition coefficient (Wildman–Crippen LogP) is 4.45. The van der Waals surface area contributed by atoms with E-state index in [1.807, 2.05) is 40.6 Å². The summed E-state index contributed by atoms with van der Waals surface area (Å²) in [7, 11) is 0. The van der Waals surface area contributed by atoms with Crippen molar-refractivity contribution in [1.82, 2.24) is 10.2 Å². The molecule has 0 saturated heterocycles. The van der Waals surface area contributed by atoms with Crippen LogP contribution in [0.15, 0.2) is 63.1 Å². The largest absolute Gasteiger partial charge is 0.468 e. The van der Waals surface area contributed by atoms with Gasteiger partial charge < -0.3 is 14.2 Å². The molecule has 0 fully saturated rings. The molecular weight excluding hydrogens is 348 g/mol. The van der Waals surface area contributed by atoms with E-state index in [4.69, 9.17) is 8.83 Å². The van der Waals surface area contributed by atoms with Crippen molar-refractivity contribution < 1.29 is 13.6 Å².